The van der Waals surface area contributed by atoms with Crippen molar-refractivity contribution in [2.45, 2.75) is 32.4 Å². The Hall–Kier alpha value is -2.21. The highest BCUT2D eigenvalue weighted by Gasteiger charge is 2.26. The Labute approximate surface area is 149 Å². The van der Waals surface area contributed by atoms with Crippen molar-refractivity contribution in [3.8, 4) is 0 Å². The first-order valence-electron chi connectivity index (χ1n) is 9.12. The second kappa shape index (κ2) is 8.76. The molecule has 0 amide bonds. The van der Waals surface area contributed by atoms with Gasteiger partial charge in [0.1, 0.15) is 11.5 Å². The molecule has 0 saturated carbocycles. The summed E-state index contributed by atoms with van der Waals surface area (Å²) in [7, 11) is 1.81. The van der Waals surface area contributed by atoms with Crippen LogP contribution in [0.25, 0.3) is 0 Å². The van der Waals surface area contributed by atoms with Crippen LogP contribution in [-0.2, 0) is 6.54 Å². The highest BCUT2D eigenvalue weighted by molar-refractivity contribution is 5.79. The lowest BCUT2D eigenvalue weighted by Crippen LogP contribution is -2.43. The summed E-state index contributed by atoms with van der Waals surface area (Å²) in [5, 5.41) is 6.84. The molecule has 0 bridgehead atoms. The number of aliphatic imine (C=N–C) groups is 1. The van der Waals surface area contributed by atoms with Crippen LogP contribution in [0, 0.1) is 6.92 Å². The predicted molar refractivity (Wildman–Crippen MR) is 101 cm³/mol. The van der Waals surface area contributed by atoms with Gasteiger partial charge in [-0.15, -0.1) is 0 Å². The summed E-state index contributed by atoms with van der Waals surface area (Å²) in [5.41, 5.74) is 0. The number of furan rings is 1. The van der Waals surface area contributed by atoms with Gasteiger partial charge in [-0.05, 0) is 57.1 Å². The van der Waals surface area contributed by atoms with Crippen LogP contribution in [0.4, 0.5) is 0 Å². The SMILES string of the molecule is CN=C(NCCn1cccc1)NCC(c1ccc(C)o1)N1CCCC1. The normalized spacial score (nSPS) is 17.0. The summed E-state index contributed by atoms with van der Waals surface area (Å²) < 4.78 is 8.06. The molecule has 0 spiro atoms. The second-order valence-corrected chi connectivity index (χ2v) is 6.51. The van der Waals surface area contributed by atoms with E-state index in [9.17, 15) is 0 Å². The molecule has 0 aromatic carbocycles. The lowest BCUT2D eigenvalue weighted by atomic mass is 10.2. The van der Waals surface area contributed by atoms with Gasteiger partial charge in [0, 0.05) is 39.1 Å². The number of guanidine groups is 1. The van der Waals surface area contributed by atoms with Gasteiger partial charge in [-0.25, -0.2) is 0 Å². The third kappa shape index (κ3) is 4.89. The van der Waals surface area contributed by atoms with Crippen molar-refractivity contribution < 1.29 is 4.42 Å². The largest absolute Gasteiger partial charge is 0.465 e. The molecule has 2 aromatic heterocycles. The van der Waals surface area contributed by atoms with E-state index in [-0.39, 0.29) is 6.04 Å². The van der Waals surface area contributed by atoms with Gasteiger partial charge >= 0.3 is 0 Å². The number of likely N-dealkylation sites (tertiary alicyclic amines) is 1. The van der Waals surface area contributed by atoms with E-state index in [4.69, 9.17) is 4.42 Å². The van der Waals surface area contributed by atoms with E-state index in [0.29, 0.717) is 0 Å². The van der Waals surface area contributed by atoms with E-state index in [2.05, 4.69) is 43.6 Å². The third-order valence-electron chi connectivity index (χ3n) is 4.69. The molecule has 3 heterocycles. The summed E-state index contributed by atoms with van der Waals surface area (Å²) >= 11 is 0. The molecule has 1 aliphatic rings. The quantitative estimate of drug-likeness (QED) is 0.599. The molecule has 3 rings (SSSR count). The Bertz CT molecular complexity index is 655. The molecule has 136 valence electrons. The molecule has 1 fully saturated rings. The highest BCUT2D eigenvalue weighted by atomic mass is 16.3. The van der Waals surface area contributed by atoms with Crippen molar-refractivity contribution in [1.82, 2.24) is 20.1 Å². The van der Waals surface area contributed by atoms with Gasteiger partial charge in [-0.1, -0.05) is 0 Å². The number of aromatic nitrogens is 1. The maximum Gasteiger partial charge on any atom is 0.191 e. The Morgan fingerprint density at radius 2 is 1.96 bits per heavy atom. The monoisotopic (exact) mass is 343 g/mol. The van der Waals surface area contributed by atoms with E-state index in [1.165, 1.54) is 12.8 Å². The standard InChI is InChI=1S/C19H29N5O/c1-16-7-8-18(25-16)17(24-12-5-6-13-24)15-22-19(20-2)21-9-14-23-10-3-4-11-23/h3-4,7-8,10-11,17H,5-6,9,12-15H2,1-2H3,(H2,20,21,22). The van der Waals surface area contributed by atoms with Crippen LogP contribution in [-0.4, -0.2) is 48.7 Å². The van der Waals surface area contributed by atoms with E-state index in [0.717, 1.165) is 50.2 Å². The molecule has 0 aliphatic carbocycles. The lowest BCUT2D eigenvalue weighted by molar-refractivity contribution is 0.213. The van der Waals surface area contributed by atoms with E-state index >= 15 is 0 Å². The molecule has 1 atom stereocenters. The van der Waals surface area contributed by atoms with Crippen LogP contribution >= 0.6 is 0 Å². The first kappa shape index (κ1) is 17.6. The Kier molecular flexibility index (Phi) is 6.17. The average molecular weight is 343 g/mol. The predicted octanol–water partition coefficient (Wildman–Crippen LogP) is 2.39. The third-order valence-corrected chi connectivity index (χ3v) is 4.69. The molecule has 2 N–H and O–H groups in total. The number of hydrogen-bond acceptors (Lipinski definition) is 3. The van der Waals surface area contributed by atoms with Crippen molar-refractivity contribution in [2.75, 3.05) is 33.2 Å². The van der Waals surface area contributed by atoms with Crippen LogP contribution in [0.15, 0.2) is 46.1 Å². The summed E-state index contributed by atoms with van der Waals surface area (Å²) in [4.78, 5) is 6.84. The van der Waals surface area contributed by atoms with Gasteiger partial charge in [0.25, 0.3) is 0 Å². The zero-order chi connectivity index (χ0) is 17.5. The minimum Gasteiger partial charge on any atom is -0.465 e. The Morgan fingerprint density at radius 3 is 2.60 bits per heavy atom. The topological polar surface area (TPSA) is 57.7 Å². The van der Waals surface area contributed by atoms with Crippen LogP contribution in [0.2, 0.25) is 0 Å². The molecule has 0 radical (unpaired) electrons. The number of aryl methyl sites for hydroxylation is 1. The van der Waals surface area contributed by atoms with Crippen LogP contribution < -0.4 is 10.6 Å². The molecule has 1 unspecified atom stereocenters. The highest BCUT2D eigenvalue weighted by Crippen LogP contribution is 2.26. The van der Waals surface area contributed by atoms with Gasteiger partial charge in [0.15, 0.2) is 5.96 Å². The fourth-order valence-electron chi connectivity index (χ4n) is 3.33. The molecule has 25 heavy (non-hydrogen) atoms. The molecule has 1 aliphatic heterocycles. The molecular formula is C19H29N5O. The summed E-state index contributed by atoms with van der Waals surface area (Å²) in [6.45, 7) is 6.80. The molecule has 2 aromatic rings. The Balaban J connectivity index is 1.53. The van der Waals surface area contributed by atoms with Gasteiger partial charge in [-0.3, -0.25) is 9.89 Å². The average Bonchev–Trinajstić information content (AvgIpc) is 3.36. The maximum absolute atomic E-state index is 5.91. The van der Waals surface area contributed by atoms with E-state index < -0.39 is 0 Å². The maximum atomic E-state index is 5.91. The van der Waals surface area contributed by atoms with Crippen molar-refractivity contribution in [3.63, 3.8) is 0 Å². The zero-order valence-corrected chi connectivity index (χ0v) is 15.2. The van der Waals surface area contributed by atoms with E-state index in [1.54, 1.807) is 0 Å². The van der Waals surface area contributed by atoms with Gasteiger partial charge in [0.05, 0.1) is 6.04 Å². The number of nitrogens with one attached hydrogen (secondary N) is 2. The van der Waals surface area contributed by atoms with Crippen molar-refractivity contribution in [3.05, 3.63) is 48.2 Å². The van der Waals surface area contributed by atoms with Crippen molar-refractivity contribution >= 4 is 5.96 Å². The second-order valence-electron chi connectivity index (χ2n) is 6.51. The minimum atomic E-state index is 0.249. The summed E-state index contributed by atoms with van der Waals surface area (Å²) in [5.74, 6) is 2.84. The van der Waals surface area contributed by atoms with Gasteiger partial charge in [0.2, 0.25) is 0 Å². The number of hydrogen-bond donors (Lipinski definition) is 2. The first-order valence-corrected chi connectivity index (χ1v) is 9.12. The molecule has 6 nitrogen and oxygen atoms in total. The number of rotatable bonds is 7. The summed E-state index contributed by atoms with van der Waals surface area (Å²) in [6.07, 6.45) is 6.67. The molecular weight excluding hydrogens is 314 g/mol. The first-order chi connectivity index (χ1) is 12.3. The number of nitrogens with zero attached hydrogens (tertiary/aromatic N) is 3. The Morgan fingerprint density at radius 1 is 1.20 bits per heavy atom. The van der Waals surface area contributed by atoms with Crippen molar-refractivity contribution in [2.24, 2.45) is 4.99 Å². The lowest BCUT2D eigenvalue weighted by Gasteiger charge is -2.26. The van der Waals surface area contributed by atoms with Crippen LogP contribution in [0.5, 0.6) is 0 Å². The fourth-order valence-corrected chi connectivity index (χ4v) is 3.33. The fraction of sp³-hybridized carbons (Fsp3) is 0.526. The summed E-state index contributed by atoms with van der Waals surface area (Å²) in [6, 6.07) is 8.47. The molecule has 6 heteroatoms. The van der Waals surface area contributed by atoms with Gasteiger partial charge in [-0.2, -0.15) is 0 Å². The molecule has 1 saturated heterocycles. The van der Waals surface area contributed by atoms with Crippen LogP contribution in [0.1, 0.15) is 30.4 Å². The van der Waals surface area contributed by atoms with E-state index in [1.807, 2.05) is 32.2 Å². The minimum absolute atomic E-state index is 0.249. The van der Waals surface area contributed by atoms with Crippen LogP contribution in [0.3, 0.4) is 0 Å². The van der Waals surface area contributed by atoms with Gasteiger partial charge < -0.3 is 19.6 Å². The smallest absolute Gasteiger partial charge is 0.191 e. The zero-order valence-electron chi connectivity index (χ0n) is 15.2. The van der Waals surface area contributed by atoms with Crippen molar-refractivity contribution in [1.29, 1.82) is 0 Å².